The van der Waals surface area contributed by atoms with E-state index in [1.165, 1.54) is 11.3 Å². The van der Waals surface area contributed by atoms with E-state index >= 15 is 0 Å². The normalized spacial score (nSPS) is 18.7. The second kappa shape index (κ2) is 7.89. The molecular formula is C27H25N5O. The van der Waals surface area contributed by atoms with Gasteiger partial charge in [-0.05, 0) is 50.1 Å². The topological polar surface area (TPSA) is 71.8 Å². The Kier molecular flexibility index (Phi) is 4.72. The summed E-state index contributed by atoms with van der Waals surface area (Å²) in [6, 6.07) is 21.4. The molecule has 6 nitrogen and oxygen atoms in total. The summed E-state index contributed by atoms with van der Waals surface area (Å²) in [4.78, 5) is 17.6. The minimum Gasteiger partial charge on any atom is -0.383 e. The zero-order valence-electron chi connectivity index (χ0n) is 18.5. The minimum atomic E-state index is 0.0319. The molecule has 0 spiro atoms. The first-order valence-electron chi connectivity index (χ1n) is 11.4. The Morgan fingerprint density at radius 2 is 1.85 bits per heavy atom. The van der Waals surface area contributed by atoms with E-state index in [9.17, 15) is 4.79 Å². The zero-order valence-corrected chi connectivity index (χ0v) is 18.5. The SMILES string of the molecule is Cc1nn(-c2ccccn2)c2c1C1Nc3cc(C(=O)c4ccccc4)ccc3NCC1CC2. The summed E-state index contributed by atoms with van der Waals surface area (Å²) in [7, 11) is 0. The maximum Gasteiger partial charge on any atom is 0.193 e. The Hall–Kier alpha value is -3.93. The van der Waals surface area contributed by atoms with Gasteiger partial charge in [0.15, 0.2) is 11.6 Å². The summed E-state index contributed by atoms with van der Waals surface area (Å²) in [5, 5.41) is 12.3. The van der Waals surface area contributed by atoms with Crippen LogP contribution in [-0.2, 0) is 6.42 Å². The van der Waals surface area contributed by atoms with Crippen LogP contribution in [-0.4, -0.2) is 27.1 Å². The third kappa shape index (κ3) is 3.39. The van der Waals surface area contributed by atoms with E-state index in [1.807, 2.05) is 71.4 Å². The molecule has 1 aliphatic heterocycles. The third-order valence-electron chi connectivity index (χ3n) is 6.79. The van der Waals surface area contributed by atoms with Crippen LogP contribution in [0.2, 0.25) is 0 Å². The molecule has 0 saturated carbocycles. The summed E-state index contributed by atoms with van der Waals surface area (Å²) in [6.07, 6.45) is 3.82. The number of nitrogens with zero attached hydrogens (tertiary/aromatic N) is 3. The first kappa shape index (κ1) is 19.7. The maximum absolute atomic E-state index is 13.0. The Bertz CT molecular complexity index is 1330. The summed E-state index contributed by atoms with van der Waals surface area (Å²) < 4.78 is 2.00. The average Bonchev–Trinajstić information content (AvgIpc) is 3.09. The number of rotatable bonds is 3. The second-order valence-electron chi connectivity index (χ2n) is 8.80. The summed E-state index contributed by atoms with van der Waals surface area (Å²) >= 11 is 0. The molecule has 2 atom stereocenters. The number of aromatic nitrogens is 3. The fraction of sp³-hybridized carbons (Fsp3) is 0.222. The fourth-order valence-corrected chi connectivity index (χ4v) is 5.16. The van der Waals surface area contributed by atoms with Gasteiger partial charge < -0.3 is 10.6 Å². The van der Waals surface area contributed by atoms with Crippen LogP contribution >= 0.6 is 0 Å². The highest BCUT2D eigenvalue weighted by Crippen LogP contribution is 2.43. The van der Waals surface area contributed by atoms with Crippen molar-refractivity contribution >= 4 is 17.2 Å². The number of nitrogens with one attached hydrogen (secondary N) is 2. The standard InChI is InChI=1S/C27H25N5O/c1-17-25-23(32(31-17)24-9-5-6-14-28-24)13-11-20-16-29-21-12-10-19(15-22(21)30-26(20)25)27(33)18-7-3-2-4-8-18/h2-10,12,14-15,20,26,29-30H,11,13,16H2,1H3. The van der Waals surface area contributed by atoms with E-state index in [-0.39, 0.29) is 11.8 Å². The van der Waals surface area contributed by atoms with Crippen LogP contribution < -0.4 is 10.6 Å². The van der Waals surface area contributed by atoms with Crippen molar-refractivity contribution in [3.63, 3.8) is 0 Å². The lowest BCUT2D eigenvalue weighted by atomic mass is 9.81. The van der Waals surface area contributed by atoms with Crippen molar-refractivity contribution in [2.24, 2.45) is 5.92 Å². The van der Waals surface area contributed by atoms with E-state index in [0.29, 0.717) is 17.0 Å². The van der Waals surface area contributed by atoms with Crippen molar-refractivity contribution in [2.45, 2.75) is 25.8 Å². The predicted molar refractivity (Wildman–Crippen MR) is 129 cm³/mol. The van der Waals surface area contributed by atoms with E-state index in [0.717, 1.165) is 42.3 Å². The molecule has 0 saturated heterocycles. The van der Waals surface area contributed by atoms with Crippen molar-refractivity contribution in [3.05, 3.63) is 101 Å². The molecule has 33 heavy (non-hydrogen) atoms. The monoisotopic (exact) mass is 435 g/mol. The van der Waals surface area contributed by atoms with Crippen molar-refractivity contribution in [1.82, 2.24) is 14.8 Å². The lowest BCUT2D eigenvalue weighted by Crippen LogP contribution is -2.30. The highest BCUT2D eigenvalue weighted by atomic mass is 16.1. The zero-order chi connectivity index (χ0) is 22.4. The number of fused-ring (bicyclic) bond motifs is 4. The molecule has 2 N–H and O–H groups in total. The van der Waals surface area contributed by atoms with Gasteiger partial charge in [0.2, 0.25) is 0 Å². The number of benzene rings is 2. The van der Waals surface area contributed by atoms with Crippen molar-refractivity contribution in [1.29, 1.82) is 0 Å². The summed E-state index contributed by atoms with van der Waals surface area (Å²) in [6.45, 7) is 2.96. The van der Waals surface area contributed by atoms with Crippen LogP contribution in [0.4, 0.5) is 11.4 Å². The number of hydrogen-bond acceptors (Lipinski definition) is 5. The highest BCUT2D eigenvalue weighted by molar-refractivity contribution is 6.09. The van der Waals surface area contributed by atoms with Crippen molar-refractivity contribution < 1.29 is 4.79 Å². The Labute approximate surface area is 192 Å². The maximum atomic E-state index is 13.0. The molecule has 164 valence electrons. The van der Waals surface area contributed by atoms with Gasteiger partial charge in [-0.15, -0.1) is 0 Å². The predicted octanol–water partition coefficient (Wildman–Crippen LogP) is 4.95. The van der Waals surface area contributed by atoms with Crippen LogP contribution in [0, 0.1) is 12.8 Å². The second-order valence-corrected chi connectivity index (χ2v) is 8.80. The molecule has 6 heteroatoms. The van der Waals surface area contributed by atoms with E-state index < -0.39 is 0 Å². The molecule has 0 radical (unpaired) electrons. The fourth-order valence-electron chi connectivity index (χ4n) is 5.16. The van der Waals surface area contributed by atoms with Gasteiger partial charge in [0.1, 0.15) is 0 Å². The number of anilines is 2. The quantitative estimate of drug-likeness (QED) is 0.446. The van der Waals surface area contributed by atoms with E-state index in [2.05, 4.69) is 22.5 Å². The molecule has 2 unspecified atom stereocenters. The first-order chi connectivity index (χ1) is 16.2. The van der Waals surface area contributed by atoms with Crippen LogP contribution in [0.3, 0.4) is 0 Å². The van der Waals surface area contributed by atoms with Crippen LogP contribution in [0.1, 0.15) is 45.3 Å². The molecule has 2 aromatic carbocycles. The number of ketones is 1. The Balaban J connectivity index is 1.38. The van der Waals surface area contributed by atoms with Gasteiger partial charge in [0.05, 0.1) is 28.8 Å². The molecule has 4 aromatic rings. The third-order valence-corrected chi connectivity index (χ3v) is 6.79. The summed E-state index contributed by atoms with van der Waals surface area (Å²) in [5.41, 5.74) is 6.88. The van der Waals surface area contributed by atoms with Gasteiger partial charge in [-0.3, -0.25) is 4.79 Å². The smallest absolute Gasteiger partial charge is 0.193 e. The molecule has 1 aliphatic carbocycles. The average molecular weight is 436 g/mol. The van der Waals surface area contributed by atoms with Gasteiger partial charge in [-0.25, -0.2) is 9.67 Å². The Morgan fingerprint density at radius 3 is 2.67 bits per heavy atom. The van der Waals surface area contributed by atoms with Crippen LogP contribution in [0.5, 0.6) is 0 Å². The van der Waals surface area contributed by atoms with E-state index in [4.69, 9.17) is 5.10 Å². The molecule has 0 amide bonds. The summed E-state index contributed by atoms with van der Waals surface area (Å²) in [5.74, 6) is 1.31. The molecule has 0 bridgehead atoms. The lowest BCUT2D eigenvalue weighted by molar-refractivity contribution is 0.103. The minimum absolute atomic E-state index is 0.0319. The van der Waals surface area contributed by atoms with E-state index in [1.54, 1.807) is 6.20 Å². The number of carbonyl (C=O) groups excluding carboxylic acids is 1. The van der Waals surface area contributed by atoms with Gasteiger partial charge in [-0.1, -0.05) is 36.4 Å². The number of aryl methyl sites for hydroxylation is 1. The lowest BCUT2D eigenvalue weighted by Gasteiger charge is -2.31. The molecule has 0 fully saturated rings. The van der Waals surface area contributed by atoms with Gasteiger partial charge >= 0.3 is 0 Å². The number of pyridine rings is 1. The number of hydrogen-bond donors (Lipinski definition) is 2. The van der Waals surface area contributed by atoms with Gasteiger partial charge in [0, 0.05) is 35.3 Å². The number of carbonyl (C=O) groups is 1. The molecular weight excluding hydrogens is 410 g/mol. The van der Waals surface area contributed by atoms with Gasteiger partial charge in [-0.2, -0.15) is 5.10 Å². The van der Waals surface area contributed by atoms with Crippen LogP contribution in [0.15, 0.2) is 72.9 Å². The molecule has 6 rings (SSSR count). The molecule has 3 heterocycles. The van der Waals surface area contributed by atoms with Crippen LogP contribution in [0.25, 0.3) is 5.82 Å². The molecule has 2 aromatic heterocycles. The first-order valence-corrected chi connectivity index (χ1v) is 11.4. The molecule has 2 aliphatic rings. The van der Waals surface area contributed by atoms with Crippen molar-refractivity contribution in [3.8, 4) is 5.82 Å². The van der Waals surface area contributed by atoms with Crippen molar-refractivity contribution in [2.75, 3.05) is 17.2 Å². The Morgan fingerprint density at radius 1 is 1.00 bits per heavy atom. The van der Waals surface area contributed by atoms with Gasteiger partial charge in [0.25, 0.3) is 0 Å². The largest absolute Gasteiger partial charge is 0.383 e. The highest BCUT2D eigenvalue weighted by Gasteiger charge is 2.36.